The fourth-order valence-electron chi connectivity index (χ4n) is 2.18. The van der Waals surface area contributed by atoms with Crippen molar-refractivity contribution in [2.75, 3.05) is 5.32 Å². The van der Waals surface area contributed by atoms with Crippen LogP contribution in [0.15, 0.2) is 23.1 Å². The average molecular weight is 342 g/mol. The van der Waals surface area contributed by atoms with Gasteiger partial charge in [-0.2, -0.15) is 0 Å². The molecule has 0 unspecified atom stereocenters. The second-order valence-corrected chi connectivity index (χ2v) is 7.49. The summed E-state index contributed by atoms with van der Waals surface area (Å²) in [4.78, 5) is 11.4. The minimum Gasteiger partial charge on any atom is -0.478 e. The molecule has 6 nitrogen and oxygen atoms in total. The van der Waals surface area contributed by atoms with Crippen LogP contribution in [0.25, 0.3) is 0 Å². The molecule has 0 heterocycles. The number of benzene rings is 1. The number of sulfonamides is 1. The second-order valence-electron chi connectivity index (χ2n) is 5.78. The second kappa shape index (κ2) is 8.31. The van der Waals surface area contributed by atoms with Gasteiger partial charge in [-0.25, -0.2) is 17.9 Å². The molecule has 23 heavy (non-hydrogen) atoms. The van der Waals surface area contributed by atoms with Crippen LogP contribution in [0, 0.1) is 0 Å². The first-order chi connectivity index (χ1) is 10.7. The highest BCUT2D eigenvalue weighted by molar-refractivity contribution is 7.89. The van der Waals surface area contributed by atoms with Gasteiger partial charge in [-0.15, -0.1) is 0 Å². The Morgan fingerprint density at radius 3 is 2.39 bits per heavy atom. The van der Waals surface area contributed by atoms with Gasteiger partial charge in [0.25, 0.3) is 0 Å². The number of hydrogen-bond acceptors (Lipinski definition) is 4. The molecule has 0 aliphatic heterocycles. The highest BCUT2D eigenvalue weighted by Crippen LogP contribution is 2.22. The molecule has 0 bridgehead atoms. The minimum absolute atomic E-state index is 0.0381. The summed E-state index contributed by atoms with van der Waals surface area (Å²) in [7, 11) is -3.72. The lowest BCUT2D eigenvalue weighted by Crippen LogP contribution is -2.32. The molecule has 1 rings (SSSR count). The minimum atomic E-state index is -3.72. The average Bonchev–Trinajstić information content (AvgIpc) is 2.46. The summed E-state index contributed by atoms with van der Waals surface area (Å²) in [6.07, 6.45) is 2.52. The van der Waals surface area contributed by atoms with E-state index in [1.165, 1.54) is 18.2 Å². The van der Waals surface area contributed by atoms with Crippen LogP contribution in [0.2, 0.25) is 0 Å². The SMILES string of the molecule is CCC[C@@H](C)Nc1ccc(S(=O)(=O)N[C@@H](C)CC)cc1C(=O)O. The molecule has 1 aromatic carbocycles. The zero-order valence-electron chi connectivity index (χ0n) is 14.1. The quantitative estimate of drug-likeness (QED) is 0.641. The summed E-state index contributed by atoms with van der Waals surface area (Å²) < 4.78 is 27.1. The van der Waals surface area contributed by atoms with E-state index in [0.29, 0.717) is 12.1 Å². The van der Waals surface area contributed by atoms with E-state index in [2.05, 4.69) is 10.0 Å². The van der Waals surface area contributed by atoms with E-state index in [1.807, 2.05) is 20.8 Å². The Labute approximate surface area is 138 Å². The molecule has 0 aromatic heterocycles. The van der Waals surface area contributed by atoms with E-state index in [4.69, 9.17) is 0 Å². The molecule has 130 valence electrons. The first-order valence-electron chi connectivity index (χ1n) is 7.87. The van der Waals surface area contributed by atoms with E-state index in [-0.39, 0.29) is 22.5 Å². The summed E-state index contributed by atoms with van der Waals surface area (Å²) in [5.74, 6) is -1.16. The van der Waals surface area contributed by atoms with Crippen LogP contribution in [-0.4, -0.2) is 31.6 Å². The number of anilines is 1. The van der Waals surface area contributed by atoms with E-state index >= 15 is 0 Å². The van der Waals surface area contributed by atoms with Gasteiger partial charge in [0.05, 0.1) is 10.5 Å². The van der Waals surface area contributed by atoms with Crippen molar-refractivity contribution in [2.24, 2.45) is 0 Å². The van der Waals surface area contributed by atoms with Crippen molar-refractivity contribution in [3.63, 3.8) is 0 Å². The summed E-state index contributed by atoms with van der Waals surface area (Å²) in [5, 5.41) is 12.5. The third-order valence-electron chi connectivity index (χ3n) is 3.62. The third kappa shape index (κ3) is 5.51. The van der Waals surface area contributed by atoms with Crippen LogP contribution in [-0.2, 0) is 10.0 Å². The largest absolute Gasteiger partial charge is 0.478 e. The van der Waals surface area contributed by atoms with Gasteiger partial charge in [-0.05, 0) is 44.9 Å². The van der Waals surface area contributed by atoms with Crippen molar-refractivity contribution in [1.29, 1.82) is 0 Å². The lowest BCUT2D eigenvalue weighted by molar-refractivity contribution is 0.0697. The smallest absolute Gasteiger partial charge is 0.337 e. The molecular formula is C16H26N2O4S. The molecule has 7 heteroatoms. The van der Waals surface area contributed by atoms with Crippen LogP contribution >= 0.6 is 0 Å². The highest BCUT2D eigenvalue weighted by Gasteiger charge is 2.20. The fourth-order valence-corrected chi connectivity index (χ4v) is 3.53. The van der Waals surface area contributed by atoms with E-state index in [0.717, 1.165) is 12.8 Å². The third-order valence-corrected chi connectivity index (χ3v) is 5.21. The zero-order valence-corrected chi connectivity index (χ0v) is 14.9. The molecular weight excluding hydrogens is 316 g/mol. The van der Waals surface area contributed by atoms with Crippen LogP contribution in [0.1, 0.15) is 57.3 Å². The van der Waals surface area contributed by atoms with E-state index in [9.17, 15) is 18.3 Å². The number of nitrogens with one attached hydrogen (secondary N) is 2. The Bertz CT molecular complexity index is 643. The number of carbonyl (C=O) groups is 1. The van der Waals surface area contributed by atoms with E-state index in [1.54, 1.807) is 6.92 Å². The molecule has 0 amide bonds. The lowest BCUT2D eigenvalue weighted by Gasteiger charge is -2.18. The topological polar surface area (TPSA) is 95.5 Å². The van der Waals surface area contributed by atoms with Gasteiger partial charge in [0.15, 0.2) is 0 Å². The predicted molar refractivity (Wildman–Crippen MR) is 91.5 cm³/mol. The normalized spacial score (nSPS) is 14.3. The van der Waals surface area contributed by atoms with Gasteiger partial charge in [-0.3, -0.25) is 0 Å². The van der Waals surface area contributed by atoms with Crippen LogP contribution in [0.3, 0.4) is 0 Å². The Morgan fingerprint density at radius 2 is 1.87 bits per heavy atom. The Hall–Kier alpha value is -1.60. The summed E-state index contributed by atoms with van der Waals surface area (Å²) >= 11 is 0. The molecule has 0 radical (unpaired) electrons. The summed E-state index contributed by atoms with van der Waals surface area (Å²) in [6, 6.07) is 4.04. The molecule has 1 aromatic rings. The molecule has 0 saturated carbocycles. The molecule has 0 aliphatic carbocycles. The van der Waals surface area contributed by atoms with Crippen molar-refractivity contribution >= 4 is 21.7 Å². The predicted octanol–water partition coefficient (Wildman–Crippen LogP) is 3.06. The van der Waals surface area contributed by atoms with Gasteiger partial charge >= 0.3 is 5.97 Å². The summed E-state index contributed by atoms with van der Waals surface area (Å²) in [5.41, 5.74) is 0.390. The van der Waals surface area contributed by atoms with Crippen LogP contribution in [0.4, 0.5) is 5.69 Å². The number of rotatable bonds is 9. The van der Waals surface area contributed by atoms with Gasteiger partial charge < -0.3 is 10.4 Å². The number of hydrogen-bond donors (Lipinski definition) is 3. The van der Waals surface area contributed by atoms with Crippen molar-refractivity contribution in [1.82, 2.24) is 4.72 Å². The Morgan fingerprint density at radius 1 is 1.22 bits per heavy atom. The first-order valence-corrected chi connectivity index (χ1v) is 9.35. The molecule has 0 aliphatic rings. The van der Waals surface area contributed by atoms with Gasteiger partial charge in [-0.1, -0.05) is 20.3 Å². The molecule has 0 spiro atoms. The van der Waals surface area contributed by atoms with Crippen LogP contribution in [0.5, 0.6) is 0 Å². The Balaban J connectivity index is 3.15. The van der Waals surface area contributed by atoms with Crippen LogP contribution < -0.4 is 10.0 Å². The van der Waals surface area contributed by atoms with Crippen molar-refractivity contribution < 1.29 is 18.3 Å². The maximum Gasteiger partial charge on any atom is 0.337 e. The maximum absolute atomic E-state index is 12.3. The number of carboxylic acid groups (broad SMARTS) is 1. The maximum atomic E-state index is 12.3. The highest BCUT2D eigenvalue weighted by atomic mass is 32.2. The lowest BCUT2D eigenvalue weighted by atomic mass is 10.1. The Kier molecular flexibility index (Phi) is 7.02. The number of aromatic carboxylic acids is 1. The monoisotopic (exact) mass is 342 g/mol. The molecule has 0 fully saturated rings. The van der Waals surface area contributed by atoms with Crippen molar-refractivity contribution in [3.8, 4) is 0 Å². The molecule has 0 saturated heterocycles. The summed E-state index contributed by atoms with van der Waals surface area (Å²) in [6.45, 7) is 7.65. The van der Waals surface area contributed by atoms with Crippen molar-refractivity contribution in [3.05, 3.63) is 23.8 Å². The van der Waals surface area contributed by atoms with Gasteiger partial charge in [0, 0.05) is 17.8 Å². The van der Waals surface area contributed by atoms with E-state index < -0.39 is 16.0 Å². The number of carboxylic acids is 1. The van der Waals surface area contributed by atoms with Gasteiger partial charge in [0.2, 0.25) is 10.0 Å². The van der Waals surface area contributed by atoms with Crippen molar-refractivity contribution in [2.45, 2.75) is 63.9 Å². The first kappa shape index (κ1) is 19.4. The zero-order chi connectivity index (χ0) is 17.6. The standard InChI is InChI=1S/C16H26N2O4S/c1-5-7-12(4)17-15-9-8-13(10-14(15)16(19)20)23(21,22)18-11(3)6-2/h8-12,17-18H,5-7H2,1-4H3,(H,19,20)/t11-,12+/m0/s1. The molecule has 3 N–H and O–H groups in total. The fraction of sp³-hybridized carbons (Fsp3) is 0.562. The van der Waals surface area contributed by atoms with Gasteiger partial charge in [0.1, 0.15) is 0 Å². The molecule has 2 atom stereocenters.